The summed E-state index contributed by atoms with van der Waals surface area (Å²) < 4.78 is 0. The Labute approximate surface area is 90.4 Å². The highest BCUT2D eigenvalue weighted by molar-refractivity contribution is 5.77. The standard InChI is InChI=1S/C11H18N4/c1-3-9-4-6-10(7-5-9)8(2)14-11(12)15-13/h4-8H,3,13H2,1-2H3,(H3,12,14,15). The molecule has 1 rings (SSSR count). The van der Waals surface area contributed by atoms with E-state index in [1.807, 2.05) is 6.92 Å². The van der Waals surface area contributed by atoms with Crippen molar-refractivity contribution in [1.82, 2.24) is 5.43 Å². The Hall–Kier alpha value is -1.55. The van der Waals surface area contributed by atoms with Crippen molar-refractivity contribution in [3.63, 3.8) is 0 Å². The van der Waals surface area contributed by atoms with Gasteiger partial charge in [0.15, 0.2) is 0 Å². The van der Waals surface area contributed by atoms with Crippen LogP contribution in [0.3, 0.4) is 0 Å². The maximum atomic E-state index is 5.48. The van der Waals surface area contributed by atoms with Crippen LogP contribution in [-0.4, -0.2) is 5.96 Å². The van der Waals surface area contributed by atoms with E-state index in [-0.39, 0.29) is 12.0 Å². The van der Waals surface area contributed by atoms with E-state index in [2.05, 4.69) is 41.6 Å². The first kappa shape index (κ1) is 11.5. The molecule has 4 heteroatoms. The SMILES string of the molecule is CCc1ccc(C(C)N=C(N)NN)cc1. The molecular formula is C11H18N4. The highest BCUT2D eigenvalue weighted by Crippen LogP contribution is 2.17. The summed E-state index contributed by atoms with van der Waals surface area (Å²) in [5.41, 5.74) is 10.2. The molecule has 4 nitrogen and oxygen atoms in total. The Kier molecular flexibility index (Phi) is 4.12. The normalized spacial score (nSPS) is 13.7. The third-order valence-corrected chi connectivity index (χ3v) is 2.35. The van der Waals surface area contributed by atoms with Crippen molar-refractivity contribution < 1.29 is 0 Å². The second-order valence-electron chi connectivity index (χ2n) is 3.43. The van der Waals surface area contributed by atoms with Gasteiger partial charge >= 0.3 is 0 Å². The Bertz CT molecular complexity index is 329. The Morgan fingerprint density at radius 1 is 1.40 bits per heavy atom. The molecule has 0 heterocycles. The number of aryl methyl sites for hydroxylation is 1. The van der Waals surface area contributed by atoms with E-state index in [0.29, 0.717) is 0 Å². The lowest BCUT2D eigenvalue weighted by Gasteiger charge is -2.08. The number of nitrogens with zero attached hydrogens (tertiary/aromatic N) is 1. The second kappa shape index (κ2) is 5.36. The maximum Gasteiger partial charge on any atom is 0.203 e. The van der Waals surface area contributed by atoms with Gasteiger partial charge in [0.25, 0.3) is 0 Å². The third kappa shape index (κ3) is 3.25. The molecule has 0 aromatic heterocycles. The van der Waals surface area contributed by atoms with Gasteiger partial charge in [-0.3, -0.25) is 5.43 Å². The summed E-state index contributed by atoms with van der Waals surface area (Å²) in [4.78, 5) is 4.18. The van der Waals surface area contributed by atoms with Crippen molar-refractivity contribution in [2.24, 2.45) is 16.6 Å². The van der Waals surface area contributed by atoms with Gasteiger partial charge in [-0.2, -0.15) is 0 Å². The molecule has 0 amide bonds. The Morgan fingerprint density at radius 2 is 2.00 bits per heavy atom. The van der Waals surface area contributed by atoms with Crippen molar-refractivity contribution in [3.05, 3.63) is 35.4 Å². The molecule has 0 fully saturated rings. The number of nitrogens with two attached hydrogens (primary N) is 2. The van der Waals surface area contributed by atoms with Crippen LogP contribution < -0.4 is 17.0 Å². The average Bonchev–Trinajstić information content (AvgIpc) is 2.29. The van der Waals surface area contributed by atoms with Gasteiger partial charge in [0.05, 0.1) is 6.04 Å². The number of benzene rings is 1. The molecule has 1 unspecified atom stereocenters. The number of rotatable bonds is 3. The molecule has 1 aromatic rings. The quantitative estimate of drug-likeness (QED) is 0.300. The zero-order valence-electron chi connectivity index (χ0n) is 9.20. The predicted octanol–water partition coefficient (Wildman–Crippen LogP) is 1.09. The molecule has 5 N–H and O–H groups in total. The molecule has 1 aromatic carbocycles. The fraction of sp³-hybridized carbons (Fsp3) is 0.364. The van der Waals surface area contributed by atoms with E-state index in [9.17, 15) is 0 Å². The van der Waals surface area contributed by atoms with E-state index in [1.54, 1.807) is 0 Å². The highest BCUT2D eigenvalue weighted by atomic mass is 15.3. The first-order valence-electron chi connectivity index (χ1n) is 5.06. The van der Waals surface area contributed by atoms with Crippen LogP contribution in [0.25, 0.3) is 0 Å². The molecule has 0 aliphatic carbocycles. The van der Waals surface area contributed by atoms with Gasteiger partial charge < -0.3 is 5.73 Å². The summed E-state index contributed by atoms with van der Waals surface area (Å²) in [6.45, 7) is 4.11. The number of hydrazine groups is 1. The topological polar surface area (TPSA) is 76.4 Å². The molecule has 82 valence electrons. The van der Waals surface area contributed by atoms with Gasteiger partial charge in [-0.15, -0.1) is 0 Å². The highest BCUT2D eigenvalue weighted by Gasteiger charge is 2.03. The lowest BCUT2D eigenvalue weighted by atomic mass is 10.1. The number of hydrogen-bond acceptors (Lipinski definition) is 2. The second-order valence-corrected chi connectivity index (χ2v) is 3.43. The van der Waals surface area contributed by atoms with Crippen LogP contribution in [0.1, 0.15) is 31.0 Å². The van der Waals surface area contributed by atoms with Crippen molar-refractivity contribution in [1.29, 1.82) is 0 Å². The Morgan fingerprint density at radius 3 is 2.47 bits per heavy atom. The molecule has 1 atom stereocenters. The minimum Gasteiger partial charge on any atom is -0.369 e. The van der Waals surface area contributed by atoms with E-state index in [0.717, 1.165) is 12.0 Å². The summed E-state index contributed by atoms with van der Waals surface area (Å²) in [6, 6.07) is 8.36. The molecule has 0 bridgehead atoms. The van der Waals surface area contributed by atoms with Crippen LogP contribution in [0.5, 0.6) is 0 Å². The first-order chi connectivity index (χ1) is 7.17. The van der Waals surface area contributed by atoms with Crippen LogP contribution in [-0.2, 0) is 6.42 Å². The van der Waals surface area contributed by atoms with Gasteiger partial charge in [-0.1, -0.05) is 31.2 Å². The lowest BCUT2D eigenvalue weighted by Crippen LogP contribution is -2.37. The molecule has 0 aliphatic heterocycles. The molecule has 0 spiro atoms. The van der Waals surface area contributed by atoms with Gasteiger partial charge in [-0.25, -0.2) is 10.8 Å². The molecule has 0 aliphatic rings. The minimum atomic E-state index is 0.0203. The monoisotopic (exact) mass is 206 g/mol. The molecule has 15 heavy (non-hydrogen) atoms. The fourth-order valence-electron chi connectivity index (χ4n) is 1.35. The largest absolute Gasteiger partial charge is 0.369 e. The zero-order chi connectivity index (χ0) is 11.3. The van der Waals surface area contributed by atoms with Crippen molar-refractivity contribution in [2.45, 2.75) is 26.3 Å². The van der Waals surface area contributed by atoms with Crippen molar-refractivity contribution in [2.75, 3.05) is 0 Å². The van der Waals surface area contributed by atoms with Crippen LogP contribution in [0, 0.1) is 0 Å². The zero-order valence-corrected chi connectivity index (χ0v) is 9.20. The number of nitrogens with one attached hydrogen (secondary N) is 1. The summed E-state index contributed by atoms with van der Waals surface area (Å²) in [5.74, 6) is 5.39. The number of aliphatic imine (C=N–C) groups is 1. The van der Waals surface area contributed by atoms with E-state index in [4.69, 9.17) is 11.6 Å². The van der Waals surface area contributed by atoms with Crippen LogP contribution in [0.15, 0.2) is 29.3 Å². The third-order valence-electron chi connectivity index (χ3n) is 2.35. The maximum absolute atomic E-state index is 5.48. The average molecular weight is 206 g/mol. The summed E-state index contributed by atoms with van der Waals surface area (Å²) in [6.07, 6.45) is 1.05. The van der Waals surface area contributed by atoms with Gasteiger partial charge in [-0.05, 0) is 24.5 Å². The van der Waals surface area contributed by atoms with Crippen molar-refractivity contribution >= 4 is 5.96 Å². The Balaban J connectivity index is 2.78. The molecule has 0 radical (unpaired) electrons. The van der Waals surface area contributed by atoms with E-state index >= 15 is 0 Å². The smallest absolute Gasteiger partial charge is 0.203 e. The lowest BCUT2D eigenvalue weighted by molar-refractivity contribution is 0.800. The van der Waals surface area contributed by atoms with Crippen LogP contribution >= 0.6 is 0 Å². The van der Waals surface area contributed by atoms with Crippen molar-refractivity contribution in [3.8, 4) is 0 Å². The molecule has 0 saturated carbocycles. The summed E-state index contributed by atoms with van der Waals surface area (Å²) >= 11 is 0. The van der Waals surface area contributed by atoms with E-state index < -0.39 is 0 Å². The van der Waals surface area contributed by atoms with Gasteiger partial charge in [0, 0.05) is 0 Å². The molecule has 0 saturated heterocycles. The van der Waals surface area contributed by atoms with E-state index in [1.165, 1.54) is 5.56 Å². The van der Waals surface area contributed by atoms with Crippen LogP contribution in [0.2, 0.25) is 0 Å². The first-order valence-corrected chi connectivity index (χ1v) is 5.06. The fourth-order valence-corrected chi connectivity index (χ4v) is 1.35. The van der Waals surface area contributed by atoms with Gasteiger partial charge in [0.1, 0.15) is 0 Å². The van der Waals surface area contributed by atoms with Gasteiger partial charge in [0.2, 0.25) is 5.96 Å². The van der Waals surface area contributed by atoms with Crippen LogP contribution in [0.4, 0.5) is 0 Å². The summed E-state index contributed by atoms with van der Waals surface area (Å²) in [5, 5.41) is 0. The minimum absolute atomic E-state index is 0.0203. The summed E-state index contributed by atoms with van der Waals surface area (Å²) in [7, 11) is 0. The molecular weight excluding hydrogens is 188 g/mol. The number of guanidine groups is 1. The number of hydrogen-bond donors (Lipinski definition) is 3. The predicted molar refractivity (Wildman–Crippen MR) is 63.2 cm³/mol.